The van der Waals surface area contributed by atoms with E-state index >= 15 is 0 Å². The average Bonchev–Trinajstić information content (AvgIpc) is 3.16. The summed E-state index contributed by atoms with van der Waals surface area (Å²) in [6.45, 7) is 3.93. The smallest absolute Gasteiger partial charge is 0.263 e. The zero-order valence-corrected chi connectivity index (χ0v) is 15.1. The maximum absolute atomic E-state index is 12.7. The van der Waals surface area contributed by atoms with Crippen molar-refractivity contribution in [2.45, 2.75) is 18.6 Å². The topological polar surface area (TPSA) is 38.8 Å². The standard InChI is InChI=1S/C18H19NO3S2/c1-12-8-17(24-10-12)18(20)19-5-4-16(23-7-6-19)13-2-3-14-15(9-13)22-11-21-14/h2-3,8-10,16H,4-7,11H2,1H3. The predicted octanol–water partition coefficient (Wildman–Crippen LogP) is 4.11. The van der Waals surface area contributed by atoms with Crippen LogP contribution in [0.1, 0.15) is 32.5 Å². The minimum absolute atomic E-state index is 0.167. The van der Waals surface area contributed by atoms with Crippen LogP contribution in [0.3, 0.4) is 0 Å². The van der Waals surface area contributed by atoms with E-state index < -0.39 is 0 Å². The Labute approximate surface area is 149 Å². The van der Waals surface area contributed by atoms with Crippen molar-refractivity contribution in [2.24, 2.45) is 0 Å². The number of hydrogen-bond donors (Lipinski definition) is 0. The van der Waals surface area contributed by atoms with Gasteiger partial charge in [0.1, 0.15) is 0 Å². The molecule has 126 valence electrons. The summed E-state index contributed by atoms with van der Waals surface area (Å²) < 4.78 is 10.9. The van der Waals surface area contributed by atoms with Crippen molar-refractivity contribution in [1.82, 2.24) is 4.90 Å². The highest BCUT2D eigenvalue weighted by molar-refractivity contribution is 7.99. The first kappa shape index (κ1) is 15.8. The Morgan fingerprint density at radius 1 is 1.21 bits per heavy atom. The lowest BCUT2D eigenvalue weighted by Crippen LogP contribution is -2.32. The molecule has 1 unspecified atom stereocenters. The van der Waals surface area contributed by atoms with Crippen LogP contribution in [-0.4, -0.2) is 36.4 Å². The maximum Gasteiger partial charge on any atom is 0.263 e. The minimum atomic E-state index is 0.167. The normalized spacial score (nSPS) is 20.0. The van der Waals surface area contributed by atoms with Crippen molar-refractivity contribution >= 4 is 29.0 Å². The van der Waals surface area contributed by atoms with Gasteiger partial charge in [-0.25, -0.2) is 0 Å². The van der Waals surface area contributed by atoms with Crippen molar-refractivity contribution < 1.29 is 14.3 Å². The van der Waals surface area contributed by atoms with Crippen molar-refractivity contribution in [3.05, 3.63) is 45.6 Å². The number of amides is 1. The lowest BCUT2D eigenvalue weighted by molar-refractivity contribution is 0.0771. The summed E-state index contributed by atoms with van der Waals surface area (Å²) in [6.07, 6.45) is 0.959. The summed E-state index contributed by atoms with van der Waals surface area (Å²) in [5, 5.41) is 2.43. The molecule has 1 aromatic carbocycles. The molecule has 2 aliphatic heterocycles. The van der Waals surface area contributed by atoms with Gasteiger partial charge in [-0.1, -0.05) is 6.07 Å². The van der Waals surface area contributed by atoms with E-state index in [0.29, 0.717) is 12.0 Å². The molecule has 4 nitrogen and oxygen atoms in total. The molecule has 1 atom stereocenters. The molecular formula is C18H19NO3S2. The third kappa shape index (κ3) is 3.13. The number of thioether (sulfide) groups is 1. The Morgan fingerprint density at radius 3 is 2.92 bits per heavy atom. The fourth-order valence-corrected chi connectivity index (χ4v) is 5.14. The predicted molar refractivity (Wildman–Crippen MR) is 97.3 cm³/mol. The summed E-state index contributed by atoms with van der Waals surface area (Å²) in [7, 11) is 0. The van der Waals surface area contributed by atoms with Gasteiger partial charge < -0.3 is 14.4 Å². The Morgan fingerprint density at radius 2 is 2.08 bits per heavy atom. The lowest BCUT2D eigenvalue weighted by Gasteiger charge is -2.19. The maximum atomic E-state index is 12.7. The molecular weight excluding hydrogens is 342 g/mol. The number of carbonyl (C=O) groups excluding carboxylic acids is 1. The molecule has 2 aliphatic rings. The summed E-state index contributed by atoms with van der Waals surface area (Å²) in [4.78, 5) is 15.5. The third-order valence-electron chi connectivity index (χ3n) is 4.34. The first-order chi connectivity index (χ1) is 11.7. The molecule has 0 saturated carbocycles. The summed E-state index contributed by atoms with van der Waals surface area (Å²) >= 11 is 3.46. The fraction of sp³-hybridized carbons (Fsp3) is 0.389. The Kier molecular flexibility index (Phi) is 4.41. The SMILES string of the molecule is Cc1csc(C(=O)N2CCSC(c3ccc4c(c3)OCO4)CC2)c1. The second kappa shape index (κ2) is 6.69. The number of hydrogen-bond acceptors (Lipinski definition) is 5. The van der Waals surface area contributed by atoms with E-state index in [2.05, 4.69) is 12.1 Å². The van der Waals surface area contributed by atoms with Crippen molar-refractivity contribution in [2.75, 3.05) is 25.6 Å². The number of carbonyl (C=O) groups is 1. The van der Waals surface area contributed by atoms with Gasteiger partial charge in [0.15, 0.2) is 11.5 Å². The fourth-order valence-electron chi connectivity index (χ4n) is 3.05. The second-order valence-corrected chi connectivity index (χ2v) is 8.26. The Hall–Kier alpha value is -1.66. The number of fused-ring (bicyclic) bond motifs is 1. The quantitative estimate of drug-likeness (QED) is 0.807. The molecule has 0 aliphatic carbocycles. The van der Waals surface area contributed by atoms with E-state index in [1.807, 2.05) is 41.1 Å². The van der Waals surface area contributed by atoms with Crippen molar-refractivity contribution in [1.29, 1.82) is 0 Å². The largest absolute Gasteiger partial charge is 0.454 e. The van der Waals surface area contributed by atoms with Crippen LogP contribution >= 0.6 is 23.1 Å². The number of thiophene rings is 1. The van der Waals surface area contributed by atoms with Crippen LogP contribution in [-0.2, 0) is 0 Å². The van der Waals surface area contributed by atoms with E-state index in [9.17, 15) is 4.79 Å². The highest BCUT2D eigenvalue weighted by atomic mass is 32.2. The zero-order chi connectivity index (χ0) is 16.5. The van der Waals surface area contributed by atoms with Crippen LogP contribution in [0.4, 0.5) is 0 Å². The first-order valence-corrected chi connectivity index (χ1v) is 9.99. The molecule has 0 bridgehead atoms. The summed E-state index contributed by atoms with van der Waals surface area (Å²) in [5.41, 5.74) is 2.41. The van der Waals surface area contributed by atoms with Gasteiger partial charge in [0.05, 0.1) is 4.88 Å². The molecule has 1 saturated heterocycles. The van der Waals surface area contributed by atoms with Gasteiger partial charge in [0, 0.05) is 24.1 Å². The number of aryl methyl sites for hydroxylation is 1. The van der Waals surface area contributed by atoms with Crippen molar-refractivity contribution in [3.8, 4) is 11.5 Å². The Balaban J connectivity index is 1.45. The van der Waals surface area contributed by atoms with E-state index in [1.165, 1.54) is 5.56 Å². The molecule has 0 radical (unpaired) electrons. The summed E-state index contributed by atoms with van der Waals surface area (Å²) in [5.74, 6) is 2.77. The van der Waals surface area contributed by atoms with Crippen LogP contribution in [0.5, 0.6) is 11.5 Å². The number of nitrogens with zero attached hydrogens (tertiary/aromatic N) is 1. The Bertz CT molecular complexity index is 758. The molecule has 24 heavy (non-hydrogen) atoms. The van der Waals surface area contributed by atoms with Gasteiger partial charge in [-0.3, -0.25) is 4.79 Å². The number of rotatable bonds is 2. The van der Waals surface area contributed by atoms with Gasteiger partial charge >= 0.3 is 0 Å². The minimum Gasteiger partial charge on any atom is -0.454 e. The number of benzene rings is 1. The van der Waals surface area contributed by atoms with E-state index in [1.54, 1.807) is 11.3 Å². The van der Waals surface area contributed by atoms with Crippen LogP contribution < -0.4 is 9.47 Å². The van der Waals surface area contributed by atoms with Crippen LogP contribution in [0.25, 0.3) is 0 Å². The van der Waals surface area contributed by atoms with Gasteiger partial charge in [-0.05, 0) is 48.1 Å². The zero-order valence-electron chi connectivity index (χ0n) is 13.5. The lowest BCUT2D eigenvalue weighted by atomic mass is 10.1. The molecule has 0 N–H and O–H groups in total. The molecule has 1 fully saturated rings. The van der Waals surface area contributed by atoms with E-state index in [-0.39, 0.29) is 5.91 Å². The molecule has 3 heterocycles. The van der Waals surface area contributed by atoms with Gasteiger partial charge in [-0.2, -0.15) is 11.8 Å². The number of ether oxygens (including phenoxy) is 2. The van der Waals surface area contributed by atoms with Crippen LogP contribution in [0, 0.1) is 6.92 Å². The first-order valence-electron chi connectivity index (χ1n) is 8.06. The van der Waals surface area contributed by atoms with Crippen LogP contribution in [0.2, 0.25) is 0 Å². The van der Waals surface area contributed by atoms with Gasteiger partial charge in [0.2, 0.25) is 6.79 Å². The molecule has 1 amide bonds. The second-order valence-electron chi connectivity index (χ2n) is 6.04. The molecule has 0 spiro atoms. The third-order valence-corrected chi connectivity index (χ3v) is 6.70. The van der Waals surface area contributed by atoms with Crippen LogP contribution in [0.15, 0.2) is 29.6 Å². The van der Waals surface area contributed by atoms with Gasteiger partial charge in [-0.15, -0.1) is 11.3 Å². The monoisotopic (exact) mass is 361 g/mol. The highest BCUT2D eigenvalue weighted by Gasteiger charge is 2.25. The van der Waals surface area contributed by atoms with E-state index in [0.717, 1.165) is 47.2 Å². The molecule has 1 aromatic heterocycles. The summed E-state index contributed by atoms with van der Waals surface area (Å²) in [6, 6.07) is 8.17. The average molecular weight is 361 g/mol. The molecule has 6 heteroatoms. The van der Waals surface area contributed by atoms with Gasteiger partial charge in [0.25, 0.3) is 5.91 Å². The van der Waals surface area contributed by atoms with Crippen molar-refractivity contribution in [3.63, 3.8) is 0 Å². The molecule has 2 aromatic rings. The highest BCUT2D eigenvalue weighted by Crippen LogP contribution is 2.40. The molecule has 4 rings (SSSR count). The van der Waals surface area contributed by atoms with E-state index in [4.69, 9.17) is 9.47 Å².